The molecule has 0 saturated heterocycles. The molecule has 2 N–H and O–H groups in total. The fraction of sp³-hybridized carbons (Fsp3) is 0.429. The molecule has 1 heterocycles. The van der Waals surface area contributed by atoms with Crippen LogP contribution < -0.4 is 10.5 Å². The molecule has 0 aliphatic heterocycles. The van der Waals surface area contributed by atoms with Gasteiger partial charge in [0, 0.05) is 5.92 Å². The standard InChI is InChI=1S/C7H12N3/c1-6(2)7-5-9-3-4-10(7)8/h3-6H,1-2H3,(H2,8,9)/q+1. The van der Waals surface area contributed by atoms with Crippen molar-refractivity contribution in [1.29, 1.82) is 0 Å². The van der Waals surface area contributed by atoms with E-state index < -0.39 is 0 Å². The van der Waals surface area contributed by atoms with Crippen molar-refractivity contribution in [2.75, 3.05) is 5.84 Å². The van der Waals surface area contributed by atoms with Crippen LogP contribution in [0, 0.1) is 0 Å². The lowest BCUT2D eigenvalue weighted by Crippen LogP contribution is -2.48. The minimum absolute atomic E-state index is 0.429. The highest BCUT2D eigenvalue weighted by atomic mass is 15.3. The molecule has 0 bridgehead atoms. The van der Waals surface area contributed by atoms with E-state index in [9.17, 15) is 0 Å². The lowest BCUT2D eigenvalue weighted by molar-refractivity contribution is -0.648. The summed E-state index contributed by atoms with van der Waals surface area (Å²) in [6, 6.07) is 0. The van der Waals surface area contributed by atoms with Gasteiger partial charge in [-0.1, -0.05) is 18.5 Å². The maximum atomic E-state index is 5.60. The van der Waals surface area contributed by atoms with E-state index in [-0.39, 0.29) is 0 Å². The molecule has 0 spiro atoms. The summed E-state index contributed by atoms with van der Waals surface area (Å²) in [5, 5.41) is 0. The zero-order valence-electron chi connectivity index (χ0n) is 6.28. The van der Waals surface area contributed by atoms with E-state index in [1.807, 2.05) is 0 Å². The molecule has 0 atom stereocenters. The van der Waals surface area contributed by atoms with Crippen LogP contribution >= 0.6 is 0 Å². The highest BCUT2D eigenvalue weighted by Crippen LogP contribution is 2.04. The summed E-state index contributed by atoms with van der Waals surface area (Å²) in [7, 11) is 0. The Labute approximate surface area is 60.5 Å². The van der Waals surface area contributed by atoms with Crippen LogP contribution in [0.4, 0.5) is 0 Å². The topological polar surface area (TPSA) is 42.8 Å². The van der Waals surface area contributed by atoms with Crippen molar-refractivity contribution >= 4 is 0 Å². The van der Waals surface area contributed by atoms with Crippen LogP contribution in [-0.4, -0.2) is 4.98 Å². The molecule has 10 heavy (non-hydrogen) atoms. The van der Waals surface area contributed by atoms with Crippen molar-refractivity contribution in [3.8, 4) is 0 Å². The Bertz CT molecular complexity index is 220. The molecule has 0 saturated carbocycles. The minimum atomic E-state index is 0.429. The molecule has 0 radical (unpaired) electrons. The number of aromatic nitrogens is 2. The van der Waals surface area contributed by atoms with Crippen LogP contribution in [0.25, 0.3) is 0 Å². The Morgan fingerprint density at radius 2 is 2.30 bits per heavy atom. The molecule has 1 aromatic rings. The monoisotopic (exact) mass is 138 g/mol. The van der Waals surface area contributed by atoms with Crippen molar-refractivity contribution in [2.45, 2.75) is 19.8 Å². The Balaban J connectivity index is 3.03. The van der Waals surface area contributed by atoms with E-state index in [4.69, 9.17) is 5.84 Å². The maximum absolute atomic E-state index is 5.60. The maximum Gasteiger partial charge on any atom is 0.232 e. The van der Waals surface area contributed by atoms with Crippen molar-refractivity contribution in [2.24, 2.45) is 0 Å². The second-order valence-electron chi connectivity index (χ2n) is 2.56. The van der Waals surface area contributed by atoms with Gasteiger partial charge >= 0.3 is 0 Å². The zero-order valence-corrected chi connectivity index (χ0v) is 6.28. The van der Waals surface area contributed by atoms with Gasteiger partial charge in [0.15, 0.2) is 0 Å². The van der Waals surface area contributed by atoms with Crippen LogP contribution in [0.15, 0.2) is 18.6 Å². The van der Waals surface area contributed by atoms with Gasteiger partial charge < -0.3 is 0 Å². The predicted molar refractivity (Wildman–Crippen MR) is 38.7 cm³/mol. The van der Waals surface area contributed by atoms with Crippen molar-refractivity contribution in [3.05, 3.63) is 24.3 Å². The first-order valence-corrected chi connectivity index (χ1v) is 3.32. The summed E-state index contributed by atoms with van der Waals surface area (Å²) in [4.78, 5) is 3.97. The lowest BCUT2D eigenvalue weighted by atomic mass is 10.1. The Hall–Kier alpha value is -1.12. The lowest BCUT2D eigenvalue weighted by Gasteiger charge is -1.98. The van der Waals surface area contributed by atoms with Gasteiger partial charge in [0.2, 0.25) is 11.9 Å². The van der Waals surface area contributed by atoms with E-state index in [1.165, 1.54) is 0 Å². The number of rotatable bonds is 1. The number of hydrogen-bond acceptors (Lipinski definition) is 2. The van der Waals surface area contributed by atoms with Gasteiger partial charge in [-0.05, 0) is 0 Å². The van der Waals surface area contributed by atoms with Gasteiger partial charge in [-0.15, -0.1) is 0 Å². The molecule has 0 unspecified atom stereocenters. The molecule has 3 heteroatoms. The first-order chi connectivity index (χ1) is 4.72. The minimum Gasteiger partial charge on any atom is -0.252 e. The third-order valence-electron chi connectivity index (χ3n) is 1.41. The van der Waals surface area contributed by atoms with E-state index in [2.05, 4.69) is 18.8 Å². The summed E-state index contributed by atoms with van der Waals surface area (Å²) in [6.07, 6.45) is 5.20. The number of nitrogens with two attached hydrogens (primary N) is 1. The molecule has 0 fully saturated rings. The smallest absolute Gasteiger partial charge is 0.232 e. The largest absolute Gasteiger partial charge is 0.252 e. The van der Waals surface area contributed by atoms with E-state index in [0.717, 1.165) is 5.69 Å². The summed E-state index contributed by atoms with van der Waals surface area (Å²) < 4.78 is 1.59. The molecule has 1 rings (SSSR count). The number of hydrogen-bond donors (Lipinski definition) is 1. The summed E-state index contributed by atoms with van der Waals surface area (Å²) in [6.45, 7) is 4.17. The highest BCUT2D eigenvalue weighted by Gasteiger charge is 2.10. The third kappa shape index (κ3) is 1.23. The molecule has 54 valence electrons. The molecule has 0 amide bonds. The zero-order chi connectivity index (χ0) is 7.56. The highest BCUT2D eigenvalue weighted by molar-refractivity contribution is 4.92. The summed E-state index contributed by atoms with van der Waals surface area (Å²) >= 11 is 0. The molecular formula is C7H12N3+. The van der Waals surface area contributed by atoms with Gasteiger partial charge in [0.1, 0.15) is 0 Å². The van der Waals surface area contributed by atoms with E-state index >= 15 is 0 Å². The van der Waals surface area contributed by atoms with Gasteiger partial charge in [-0.25, -0.2) is 5.84 Å². The fourth-order valence-corrected chi connectivity index (χ4v) is 0.830. The van der Waals surface area contributed by atoms with Crippen molar-refractivity contribution < 1.29 is 4.68 Å². The van der Waals surface area contributed by atoms with Crippen LogP contribution in [0.3, 0.4) is 0 Å². The van der Waals surface area contributed by atoms with Gasteiger partial charge in [-0.2, -0.15) is 0 Å². The fourth-order valence-electron chi connectivity index (χ4n) is 0.830. The predicted octanol–water partition coefficient (Wildman–Crippen LogP) is 0.206. The Morgan fingerprint density at radius 3 is 2.70 bits per heavy atom. The second-order valence-corrected chi connectivity index (χ2v) is 2.56. The van der Waals surface area contributed by atoms with Crippen LogP contribution in [-0.2, 0) is 0 Å². The van der Waals surface area contributed by atoms with Crippen LogP contribution in [0.2, 0.25) is 0 Å². The SMILES string of the molecule is CC(C)c1cncc[n+]1N. The Kier molecular flexibility index (Phi) is 1.85. The molecular weight excluding hydrogens is 126 g/mol. The van der Waals surface area contributed by atoms with Gasteiger partial charge in [0.05, 0.1) is 12.4 Å². The normalized spacial score (nSPS) is 10.3. The average Bonchev–Trinajstić information content (AvgIpc) is 1.88. The first-order valence-electron chi connectivity index (χ1n) is 3.32. The summed E-state index contributed by atoms with van der Waals surface area (Å²) in [5.74, 6) is 6.03. The molecule has 0 aliphatic carbocycles. The molecule has 3 nitrogen and oxygen atoms in total. The molecule has 1 aromatic heterocycles. The van der Waals surface area contributed by atoms with Crippen molar-refractivity contribution in [1.82, 2.24) is 4.98 Å². The number of nitrogens with zero attached hydrogens (tertiary/aromatic N) is 2. The van der Waals surface area contributed by atoms with Gasteiger partial charge in [-0.3, -0.25) is 4.98 Å². The van der Waals surface area contributed by atoms with E-state index in [1.54, 1.807) is 23.3 Å². The molecule has 0 aromatic carbocycles. The van der Waals surface area contributed by atoms with Crippen LogP contribution in [0.1, 0.15) is 25.5 Å². The van der Waals surface area contributed by atoms with Gasteiger partial charge in [0.25, 0.3) is 0 Å². The quantitative estimate of drug-likeness (QED) is 0.445. The van der Waals surface area contributed by atoms with Crippen molar-refractivity contribution in [3.63, 3.8) is 0 Å². The number of nitrogen functional groups attached to an aromatic ring is 1. The van der Waals surface area contributed by atoms with Crippen LogP contribution in [0.5, 0.6) is 0 Å². The second kappa shape index (κ2) is 2.64. The first kappa shape index (κ1) is 6.99. The Morgan fingerprint density at radius 1 is 1.60 bits per heavy atom. The average molecular weight is 138 g/mol. The third-order valence-corrected chi connectivity index (χ3v) is 1.41. The molecule has 0 aliphatic rings. The summed E-state index contributed by atoms with van der Waals surface area (Å²) in [5.41, 5.74) is 1.04. The van der Waals surface area contributed by atoms with E-state index in [0.29, 0.717) is 5.92 Å².